The van der Waals surface area contributed by atoms with E-state index >= 15 is 0 Å². The van der Waals surface area contributed by atoms with Crippen LogP contribution in [0.1, 0.15) is 25.3 Å². The van der Waals surface area contributed by atoms with Gasteiger partial charge in [-0.2, -0.15) is 0 Å². The predicted molar refractivity (Wildman–Crippen MR) is 78.7 cm³/mol. The molecule has 0 aromatic heterocycles. The lowest BCUT2D eigenvalue weighted by atomic mass is 10.1. The molecule has 0 fully saturated rings. The van der Waals surface area contributed by atoms with Crippen LogP contribution in [0, 0.1) is 6.92 Å². The monoisotopic (exact) mass is 318 g/mol. The molecule has 0 N–H and O–H groups in total. The van der Waals surface area contributed by atoms with Gasteiger partial charge in [0, 0.05) is 20.0 Å². The topological polar surface area (TPSA) is 60.4 Å². The molecule has 0 spiro atoms. The van der Waals surface area contributed by atoms with E-state index in [1.165, 1.54) is 26.2 Å². The molecule has 20 heavy (non-hydrogen) atoms. The number of ether oxygens (including phenoxy) is 1. The third-order valence-electron chi connectivity index (χ3n) is 2.98. The highest BCUT2D eigenvalue weighted by Gasteiger charge is 2.28. The minimum Gasteiger partial charge on any atom is -0.381 e. The van der Waals surface area contributed by atoms with Crippen molar-refractivity contribution in [1.29, 1.82) is 0 Å². The van der Waals surface area contributed by atoms with Crippen molar-refractivity contribution in [3.05, 3.63) is 29.8 Å². The van der Waals surface area contributed by atoms with Crippen LogP contribution in [0.2, 0.25) is 0 Å². The summed E-state index contributed by atoms with van der Waals surface area (Å²) in [7, 11) is -2.18. The molecule has 0 heterocycles. The fraction of sp³-hybridized carbons (Fsp3) is 0.500. The fourth-order valence-electron chi connectivity index (χ4n) is 1.79. The predicted octanol–water partition coefficient (Wildman–Crippen LogP) is 2.72. The van der Waals surface area contributed by atoms with Crippen molar-refractivity contribution in [3.8, 4) is 0 Å². The van der Waals surface area contributed by atoms with Gasteiger partial charge in [-0.3, -0.25) is 4.79 Å². The zero-order valence-corrected chi connectivity index (χ0v) is 13.4. The Bertz CT molecular complexity index is 551. The molecule has 4 nitrogen and oxygen atoms in total. The number of benzene rings is 1. The van der Waals surface area contributed by atoms with E-state index in [1.807, 2.05) is 6.92 Å². The summed E-state index contributed by atoms with van der Waals surface area (Å²) < 4.78 is 28.6. The quantitative estimate of drug-likeness (QED) is 0.725. The van der Waals surface area contributed by atoms with Gasteiger partial charge in [-0.25, -0.2) is 8.42 Å². The molecular formula is C14H19ClO4S. The summed E-state index contributed by atoms with van der Waals surface area (Å²) in [6.07, 6.45) is -0.257. The van der Waals surface area contributed by atoms with Crippen LogP contribution in [0.5, 0.6) is 0 Å². The van der Waals surface area contributed by atoms with Crippen LogP contribution in [-0.2, 0) is 19.4 Å². The Kier molecular flexibility index (Phi) is 6.17. The third-order valence-corrected chi connectivity index (χ3v) is 5.66. The van der Waals surface area contributed by atoms with Crippen molar-refractivity contribution in [2.75, 3.05) is 7.11 Å². The first-order valence-corrected chi connectivity index (χ1v) is 8.22. The second-order valence-corrected chi connectivity index (χ2v) is 7.68. The molecule has 1 aromatic carbocycles. The number of carbonyl (C=O) groups is 1. The van der Waals surface area contributed by atoms with E-state index in [4.69, 9.17) is 16.3 Å². The average molecular weight is 319 g/mol. The maximum Gasteiger partial charge on any atom is 0.195 e. The molecule has 2 unspecified atom stereocenters. The second-order valence-electron chi connectivity index (χ2n) is 4.77. The molecule has 112 valence electrons. The Morgan fingerprint density at radius 1 is 1.30 bits per heavy atom. The Hall–Kier alpha value is -0.910. The van der Waals surface area contributed by atoms with Crippen LogP contribution in [0.15, 0.2) is 29.2 Å². The zero-order chi connectivity index (χ0) is 15.3. The molecule has 1 rings (SSSR count). The number of halogens is 1. The summed E-state index contributed by atoms with van der Waals surface area (Å²) in [5, 5.41) is 0. The standard InChI is InChI=1S/C14H19ClO4S/c1-10-4-6-13(7-5-10)20(17,18)14(15)9-12(19-3)8-11(2)16/h4-7,12,14H,8-9H2,1-3H3. The van der Waals surface area contributed by atoms with E-state index in [0.29, 0.717) is 0 Å². The van der Waals surface area contributed by atoms with Crippen LogP contribution in [0.4, 0.5) is 0 Å². The first-order chi connectivity index (χ1) is 9.27. The average Bonchev–Trinajstić information content (AvgIpc) is 2.37. The number of ketones is 1. The van der Waals surface area contributed by atoms with E-state index < -0.39 is 20.7 Å². The number of methoxy groups -OCH3 is 1. The fourth-order valence-corrected chi connectivity index (χ4v) is 3.58. The molecule has 0 saturated heterocycles. The van der Waals surface area contributed by atoms with E-state index in [9.17, 15) is 13.2 Å². The van der Waals surface area contributed by atoms with Gasteiger partial charge in [0.2, 0.25) is 0 Å². The lowest BCUT2D eigenvalue weighted by Gasteiger charge is -2.18. The van der Waals surface area contributed by atoms with Gasteiger partial charge in [-0.1, -0.05) is 17.7 Å². The van der Waals surface area contributed by atoms with Crippen molar-refractivity contribution in [2.45, 2.75) is 42.4 Å². The Balaban J connectivity index is 2.86. The van der Waals surface area contributed by atoms with Crippen LogP contribution in [-0.4, -0.2) is 32.1 Å². The van der Waals surface area contributed by atoms with Gasteiger partial charge in [-0.05, 0) is 26.0 Å². The molecule has 6 heteroatoms. The summed E-state index contributed by atoms with van der Waals surface area (Å²) in [6.45, 7) is 3.31. The molecule has 0 radical (unpaired) electrons. The van der Waals surface area contributed by atoms with Crippen molar-refractivity contribution in [2.24, 2.45) is 0 Å². The summed E-state index contributed by atoms with van der Waals surface area (Å²) in [5.41, 5.74) is 0.974. The lowest BCUT2D eigenvalue weighted by molar-refractivity contribution is -0.119. The van der Waals surface area contributed by atoms with Crippen LogP contribution in [0.25, 0.3) is 0 Å². The van der Waals surface area contributed by atoms with Gasteiger partial charge in [0.15, 0.2) is 9.84 Å². The van der Waals surface area contributed by atoms with Crippen LogP contribution < -0.4 is 0 Å². The smallest absolute Gasteiger partial charge is 0.195 e. The van der Waals surface area contributed by atoms with Gasteiger partial charge in [0.25, 0.3) is 0 Å². The number of hydrogen-bond donors (Lipinski definition) is 0. The lowest BCUT2D eigenvalue weighted by Crippen LogP contribution is -2.25. The minimum absolute atomic E-state index is 0.0616. The van der Waals surface area contributed by atoms with Gasteiger partial charge in [0.05, 0.1) is 11.0 Å². The molecule has 0 aliphatic heterocycles. The Morgan fingerprint density at radius 3 is 2.30 bits per heavy atom. The van der Waals surface area contributed by atoms with Crippen molar-refractivity contribution in [1.82, 2.24) is 0 Å². The number of Topliss-reactive ketones (excluding diaryl/α,β-unsaturated/α-hetero) is 1. The number of carbonyl (C=O) groups excluding carboxylic acids is 1. The summed E-state index contributed by atoms with van der Waals surface area (Å²) in [4.78, 5) is 11.3. The molecule has 0 aliphatic rings. The molecule has 0 bridgehead atoms. The second kappa shape index (κ2) is 7.20. The molecular weight excluding hydrogens is 300 g/mol. The normalized spacial score (nSPS) is 14.8. The van der Waals surface area contributed by atoms with Crippen LogP contribution >= 0.6 is 11.6 Å². The van der Waals surface area contributed by atoms with Crippen LogP contribution in [0.3, 0.4) is 0 Å². The van der Waals surface area contributed by atoms with E-state index in [1.54, 1.807) is 12.1 Å². The van der Waals surface area contributed by atoms with Crippen molar-refractivity contribution in [3.63, 3.8) is 0 Å². The van der Waals surface area contributed by atoms with E-state index in [-0.39, 0.29) is 23.5 Å². The number of aryl methyl sites for hydroxylation is 1. The van der Waals surface area contributed by atoms with Gasteiger partial charge >= 0.3 is 0 Å². The van der Waals surface area contributed by atoms with Crippen molar-refractivity contribution < 1.29 is 17.9 Å². The summed E-state index contributed by atoms with van der Waals surface area (Å²) >= 11 is 6.02. The largest absolute Gasteiger partial charge is 0.381 e. The summed E-state index contributed by atoms with van der Waals surface area (Å²) in [5.74, 6) is -0.0616. The molecule has 0 saturated carbocycles. The highest BCUT2D eigenvalue weighted by Crippen LogP contribution is 2.24. The Morgan fingerprint density at radius 2 is 1.85 bits per heavy atom. The van der Waals surface area contributed by atoms with Gasteiger partial charge < -0.3 is 4.74 Å². The number of hydrogen-bond acceptors (Lipinski definition) is 4. The maximum absolute atomic E-state index is 12.3. The number of alkyl halides is 1. The molecule has 0 amide bonds. The molecule has 1 aromatic rings. The first-order valence-electron chi connectivity index (χ1n) is 6.24. The summed E-state index contributed by atoms with van der Waals surface area (Å²) in [6, 6.07) is 6.51. The van der Waals surface area contributed by atoms with Gasteiger partial charge in [0.1, 0.15) is 10.5 Å². The van der Waals surface area contributed by atoms with Gasteiger partial charge in [-0.15, -0.1) is 11.6 Å². The third kappa shape index (κ3) is 4.58. The minimum atomic E-state index is -3.62. The highest BCUT2D eigenvalue weighted by atomic mass is 35.5. The van der Waals surface area contributed by atoms with E-state index in [0.717, 1.165) is 5.56 Å². The maximum atomic E-state index is 12.3. The zero-order valence-electron chi connectivity index (χ0n) is 11.8. The SMILES string of the molecule is COC(CC(C)=O)CC(Cl)S(=O)(=O)c1ccc(C)cc1. The molecule has 0 aliphatic carbocycles. The van der Waals surface area contributed by atoms with E-state index in [2.05, 4.69) is 0 Å². The number of rotatable bonds is 7. The molecule has 2 atom stereocenters. The highest BCUT2D eigenvalue weighted by molar-refractivity contribution is 7.93. The number of sulfone groups is 1. The van der Waals surface area contributed by atoms with Crippen molar-refractivity contribution >= 4 is 27.2 Å². The first kappa shape index (κ1) is 17.1. The Labute approximate surface area is 125 Å².